The van der Waals surface area contributed by atoms with Crippen LogP contribution >= 0.6 is 15.9 Å². The van der Waals surface area contributed by atoms with Gasteiger partial charge in [0.15, 0.2) is 0 Å². The molecular weight excluding hydrogens is 336 g/mol. The van der Waals surface area contributed by atoms with Gasteiger partial charge in [-0.15, -0.1) is 0 Å². The van der Waals surface area contributed by atoms with Crippen molar-refractivity contribution in [2.45, 2.75) is 0 Å². The lowest BCUT2D eigenvalue weighted by Gasteiger charge is -1.98. The SMILES string of the molecule is Cn1cc(C(=O)Nc2cc(-c3ccccc3Br)no2)cn1. The van der Waals surface area contributed by atoms with Crippen molar-refractivity contribution in [1.29, 1.82) is 0 Å². The van der Waals surface area contributed by atoms with Gasteiger partial charge in [-0.05, 0) is 6.07 Å². The quantitative estimate of drug-likeness (QED) is 0.790. The summed E-state index contributed by atoms with van der Waals surface area (Å²) in [6.07, 6.45) is 3.11. The minimum absolute atomic E-state index is 0.287. The Kier molecular flexibility index (Phi) is 3.57. The molecule has 2 aromatic heterocycles. The Hall–Kier alpha value is -2.41. The Morgan fingerprint density at radius 2 is 2.19 bits per heavy atom. The van der Waals surface area contributed by atoms with Crippen LogP contribution in [0, 0.1) is 0 Å². The third-order valence-electron chi connectivity index (χ3n) is 2.86. The van der Waals surface area contributed by atoms with Crippen LogP contribution < -0.4 is 5.32 Å². The zero-order chi connectivity index (χ0) is 14.8. The Morgan fingerprint density at radius 1 is 1.38 bits per heavy atom. The highest BCUT2D eigenvalue weighted by atomic mass is 79.9. The van der Waals surface area contributed by atoms with Crippen LogP contribution in [0.4, 0.5) is 5.88 Å². The Balaban J connectivity index is 1.80. The fourth-order valence-electron chi connectivity index (χ4n) is 1.85. The first kappa shape index (κ1) is 13.6. The van der Waals surface area contributed by atoms with E-state index in [1.54, 1.807) is 24.0 Å². The van der Waals surface area contributed by atoms with Gasteiger partial charge in [0, 0.05) is 29.3 Å². The molecule has 2 heterocycles. The monoisotopic (exact) mass is 346 g/mol. The van der Waals surface area contributed by atoms with Crippen molar-refractivity contribution >= 4 is 27.7 Å². The fourth-order valence-corrected chi connectivity index (χ4v) is 2.34. The number of halogens is 1. The molecule has 1 N–H and O–H groups in total. The number of anilines is 1. The average molecular weight is 347 g/mol. The molecule has 21 heavy (non-hydrogen) atoms. The predicted molar refractivity (Wildman–Crippen MR) is 80.8 cm³/mol. The highest BCUT2D eigenvalue weighted by Crippen LogP contribution is 2.28. The standard InChI is InChI=1S/C14H11BrN4O2/c1-19-8-9(7-16-19)14(20)17-13-6-12(18-21-13)10-4-2-3-5-11(10)15/h2-8H,1H3,(H,17,20). The third kappa shape index (κ3) is 2.87. The average Bonchev–Trinajstić information content (AvgIpc) is 3.08. The van der Waals surface area contributed by atoms with Crippen LogP contribution in [0.1, 0.15) is 10.4 Å². The van der Waals surface area contributed by atoms with Gasteiger partial charge in [0.05, 0.1) is 11.8 Å². The molecule has 0 aliphatic carbocycles. The van der Waals surface area contributed by atoms with Gasteiger partial charge >= 0.3 is 0 Å². The molecule has 0 saturated heterocycles. The molecule has 0 saturated carbocycles. The number of hydrogen-bond donors (Lipinski definition) is 1. The maximum atomic E-state index is 12.0. The Labute approximate surface area is 128 Å². The second-order valence-electron chi connectivity index (χ2n) is 4.41. The van der Waals surface area contributed by atoms with Crippen molar-refractivity contribution in [2.24, 2.45) is 7.05 Å². The zero-order valence-electron chi connectivity index (χ0n) is 11.1. The first-order chi connectivity index (χ1) is 10.1. The molecule has 1 aromatic carbocycles. The van der Waals surface area contributed by atoms with E-state index in [1.807, 2.05) is 24.3 Å². The minimum Gasteiger partial charge on any atom is -0.338 e. The number of aryl methyl sites for hydroxylation is 1. The maximum absolute atomic E-state index is 12.0. The van der Waals surface area contributed by atoms with Crippen molar-refractivity contribution in [3.05, 3.63) is 52.8 Å². The second-order valence-corrected chi connectivity index (χ2v) is 5.27. The van der Waals surface area contributed by atoms with Gasteiger partial charge in [-0.25, -0.2) is 0 Å². The van der Waals surface area contributed by atoms with Crippen molar-refractivity contribution in [1.82, 2.24) is 14.9 Å². The Bertz CT molecular complexity index is 794. The minimum atomic E-state index is -0.294. The summed E-state index contributed by atoms with van der Waals surface area (Å²) in [6.45, 7) is 0. The molecule has 0 bridgehead atoms. The van der Waals surface area contributed by atoms with Crippen LogP contribution in [0.5, 0.6) is 0 Å². The van der Waals surface area contributed by atoms with E-state index in [4.69, 9.17) is 4.52 Å². The van der Waals surface area contributed by atoms with E-state index in [1.165, 1.54) is 6.20 Å². The molecule has 0 radical (unpaired) electrons. The van der Waals surface area contributed by atoms with Crippen molar-refractivity contribution < 1.29 is 9.32 Å². The van der Waals surface area contributed by atoms with Crippen molar-refractivity contribution in [3.8, 4) is 11.3 Å². The van der Waals surface area contributed by atoms with Gasteiger partial charge in [-0.1, -0.05) is 39.3 Å². The maximum Gasteiger partial charge on any atom is 0.261 e. The molecule has 0 spiro atoms. The number of nitrogens with one attached hydrogen (secondary N) is 1. The summed E-state index contributed by atoms with van der Waals surface area (Å²) >= 11 is 3.45. The number of hydrogen-bond acceptors (Lipinski definition) is 4. The molecule has 0 aliphatic rings. The highest BCUT2D eigenvalue weighted by molar-refractivity contribution is 9.10. The molecule has 3 rings (SSSR count). The largest absolute Gasteiger partial charge is 0.338 e. The second kappa shape index (κ2) is 5.53. The molecule has 7 heteroatoms. The number of nitrogens with zero attached hydrogens (tertiary/aromatic N) is 3. The van der Waals surface area contributed by atoms with E-state index >= 15 is 0 Å². The van der Waals surface area contributed by atoms with Gasteiger partial charge in [0.1, 0.15) is 5.69 Å². The van der Waals surface area contributed by atoms with Crippen LogP contribution in [0.15, 0.2) is 51.7 Å². The molecular formula is C14H11BrN4O2. The first-order valence-corrected chi connectivity index (χ1v) is 6.94. The number of benzene rings is 1. The summed E-state index contributed by atoms with van der Waals surface area (Å²) in [7, 11) is 1.75. The molecule has 106 valence electrons. The van der Waals surface area contributed by atoms with E-state index in [0.717, 1.165) is 10.0 Å². The van der Waals surface area contributed by atoms with Crippen LogP contribution in [0.25, 0.3) is 11.3 Å². The van der Waals surface area contributed by atoms with E-state index in [0.29, 0.717) is 11.3 Å². The molecule has 0 fully saturated rings. The van der Waals surface area contributed by atoms with Crippen molar-refractivity contribution in [2.75, 3.05) is 5.32 Å². The summed E-state index contributed by atoms with van der Waals surface area (Å²) in [5.41, 5.74) is 1.99. The Morgan fingerprint density at radius 3 is 2.90 bits per heavy atom. The summed E-state index contributed by atoms with van der Waals surface area (Å²) in [5.74, 6) is -0.00691. The van der Waals surface area contributed by atoms with Gasteiger partial charge < -0.3 is 4.52 Å². The van der Waals surface area contributed by atoms with Crippen LogP contribution in [-0.2, 0) is 7.05 Å². The van der Waals surface area contributed by atoms with E-state index in [2.05, 4.69) is 31.5 Å². The lowest BCUT2D eigenvalue weighted by atomic mass is 10.1. The molecule has 0 aliphatic heterocycles. The smallest absolute Gasteiger partial charge is 0.261 e. The van der Waals surface area contributed by atoms with Crippen LogP contribution in [-0.4, -0.2) is 20.8 Å². The van der Waals surface area contributed by atoms with E-state index in [9.17, 15) is 4.79 Å². The summed E-state index contributed by atoms with van der Waals surface area (Å²) in [5, 5.41) is 10.6. The lowest BCUT2D eigenvalue weighted by molar-refractivity contribution is 0.102. The third-order valence-corrected chi connectivity index (χ3v) is 3.56. The van der Waals surface area contributed by atoms with Gasteiger partial charge in [0.25, 0.3) is 5.91 Å². The van der Waals surface area contributed by atoms with Gasteiger partial charge in [-0.2, -0.15) is 5.10 Å². The number of carbonyl (C=O) groups excluding carboxylic acids is 1. The number of rotatable bonds is 3. The zero-order valence-corrected chi connectivity index (χ0v) is 12.7. The van der Waals surface area contributed by atoms with E-state index in [-0.39, 0.29) is 11.8 Å². The number of amides is 1. The molecule has 0 unspecified atom stereocenters. The van der Waals surface area contributed by atoms with Crippen LogP contribution in [0.3, 0.4) is 0 Å². The van der Waals surface area contributed by atoms with Gasteiger partial charge in [0.2, 0.25) is 5.88 Å². The van der Waals surface area contributed by atoms with Crippen LogP contribution in [0.2, 0.25) is 0 Å². The van der Waals surface area contributed by atoms with E-state index < -0.39 is 0 Å². The summed E-state index contributed by atoms with van der Waals surface area (Å²) < 4.78 is 7.61. The lowest BCUT2D eigenvalue weighted by Crippen LogP contribution is -2.10. The summed E-state index contributed by atoms with van der Waals surface area (Å²) in [6, 6.07) is 9.32. The topological polar surface area (TPSA) is 73.0 Å². The molecule has 0 atom stereocenters. The number of aromatic nitrogens is 3. The molecule has 6 nitrogen and oxygen atoms in total. The van der Waals surface area contributed by atoms with Crippen molar-refractivity contribution in [3.63, 3.8) is 0 Å². The summed E-state index contributed by atoms with van der Waals surface area (Å²) in [4.78, 5) is 12.0. The highest BCUT2D eigenvalue weighted by Gasteiger charge is 2.13. The molecule has 1 amide bonds. The predicted octanol–water partition coefficient (Wildman–Crippen LogP) is 3.09. The normalized spacial score (nSPS) is 10.6. The van der Waals surface area contributed by atoms with Gasteiger partial charge in [-0.3, -0.25) is 14.8 Å². The fraction of sp³-hybridized carbons (Fsp3) is 0.0714. The first-order valence-electron chi connectivity index (χ1n) is 6.15. The number of carbonyl (C=O) groups is 1. The molecule has 3 aromatic rings.